The van der Waals surface area contributed by atoms with Gasteiger partial charge in [-0.15, -0.1) is 0 Å². The average Bonchev–Trinajstić information content (AvgIpc) is 2.97. The number of rotatable bonds is 6. The molecule has 2 nitrogen and oxygen atoms in total. The monoisotopic (exact) mass is 242 g/mol. The first-order chi connectivity index (χ1) is 7.88. The molecule has 0 heterocycles. The van der Waals surface area contributed by atoms with Gasteiger partial charge in [0.2, 0.25) is 0 Å². The van der Waals surface area contributed by atoms with E-state index in [2.05, 4.69) is 17.2 Å². The molecule has 0 amide bonds. The van der Waals surface area contributed by atoms with E-state index in [1.54, 1.807) is 0 Å². The van der Waals surface area contributed by atoms with E-state index < -0.39 is 0 Å². The Labute approximate surface area is 104 Å². The van der Waals surface area contributed by atoms with Gasteiger partial charge in [-0.25, -0.2) is 0 Å². The van der Waals surface area contributed by atoms with Gasteiger partial charge in [-0.2, -0.15) is 11.8 Å². The lowest BCUT2D eigenvalue weighted by atomic mass is 10.00. The summed E-state index contributed by atoms with van der Waals surface area (Å²) in [6, 6.07) is 0.550. The van der Waals surface area contributed by atoms with Crippen molar-refractivity contribution in [3.05, 3.63) is 0 Å². The maximum Gasteiger partial charge on any atom is 0.0303 e. The number of hydrogen-bond donors (Lipinski definition) is 2. The van der Waals surface area contributed by atoms with Crippen molar-refractivity contribution in [2.45, 2.75) is 69.1 Å². The van der Waals surface area contributed by atoms with Crippen LogP contribution in [0.1, 0.15) is 57.8 Å². The normalized spacial score (nSPS) is 25.3. The van der Waals surface area contributed by atoms with Gasteiger partial charge < -0.3 is 0 Å². The molecule has 16 heavy (non-hydrogen) atoms. The zero-order valence-electron chi connectivity index (χ0n) is 10.3. The predicted molar refractivity (Wildman–Crippen MR) is 72.4 cm³/mol. The van der Waals surface area contributed by atoms with Crippen LogP contribution in [0.3, 0.4) is 0 Å². The van der Waals surface area contributed by atoms with E-state index in [4.69, 9.17) is 5.84 Å². The van der Waals surface area contributed by atoms with Crippen LogP contribution in [0.15, 0.2) is 0 Å². The van der Waals surface area contributed by atoms with Crippen LogP contribution in [0.4, 0.5) is 0 Å². The molecule has 0 aromatic rings. The van der Waals surface area contributed by atoms with E-state index >= 15 is 0 Å². The third-order valence-electron chi connectivity index (χ3n) is 4.16. The van der Waals surface area contributed by atoms with Crippen molar-refractivity contribution < 1.29 is 0 Å². The molecule has 2 saturated carbocycles. The maximum absolute atomic E-state index is 5.67. The summed E-state index contributed by atoms with van der Waals surface area (Å²) in [5.74, 6) is 7.84. The highest BCUT2D eigenvalue weighted by atomic mass is 32.2. The van der Waals surface area contributed by atoms with Gasteiger partial charge in [-0.3, -0.25) is 11.3 Å². The topological polar surface area (TPSA) is 38.0 Å². The van der Waals surface area contributed by atoms with Crippen molar-refractivity contribution in [3.8, 4) is 0 Å². The molecule has 0 aromatic carbocycles. The first-order valence-electron chi connectivity index (χ1n) is 6.96. The van der Waals surface area contributed by atoms with Crippen molar-refractivity contribution in [3.63, 3.8) is 0 Å². The fourth-order valence-electron chi connectivity index (χ4n) is 3.14. The van der Waals surface area contributed by atoms with E-state index in [-0.39, 0.29) is 0 Å². The van der Waals surface area contributed by atoms with Crippen molar-refractivity contribution in [1.29, 1.82) is 0 Å². The van der Waals surface area contributed by atoms with E-state index in [1.807, 2.05) is 0 Å². The molecule has 2 rings (SSSR count). The van der Waals surface area contributed by atoms with Crippen molar-refractivity contribution in [2.75, 3.05) is 5.75 Å². The lowest BCUT2D eigenvalue weighted by Gasteiger charge is -2.21. The summed E-state index contributed by atoms with van der Waals surface area (Å²) in [7, 11) is 0. The molecule has 0 aromatic heterocycles. The molecule has 2 fully saturated rings. The molecule has 3 N–H and O–H groups in total. The molecular weight excluding hydrogens is 216 g/mol. The SMILES string of the molecule is NNC(CSC1CCCC1)CC1CCCC1. The number of nitrogens with two attached hydrogens (primary N) is 1. The summed E-state index contributed by atoms with van der Waals surface area (Å²) in [5, 5.41) is 0.930. The zero-order valence-corrected chi connectivity index (χ0v) is 11.1. The molecule has 94 valence electrons. The highest BCUT2D eigenvalue weighted by molar-refractivity contribution is 7.99. The van der Waals surface area contributed by atoms with Crippen LogP contribution in [0.25, 0.3) is 0 Å². The van der Waals surface area contributed by atoms with E-state index in [9.17, 15) is 0 Å². The number of hydrogen-bond acceptors (Lipinski definition) is 3. The second-order valence-corrected chi connectivity index (χ2v) is 6.82. The Morgan fingerprint density at radius 2 is 1.69 bits per heavy atom. The standard InChI is InChI=1S/C13H26N2S/c14-15-12(9-11-5-1-2-6-11)10-16-13-7-3-4-8-13/h11-13,15H,1-10,14H2. The van der Waals surface area contributed by atoms with E-state index in [1.165, 1.54) is 63.5 Å². The summed E-state index contributed by atoms with van der Waals surface area (Å²) >= 11 is 2.16. The van der Waals surface area contributed by atoms with Crippen LogP contribution < -0.4 is 11.3 Å². The Kier molecular flexibility index (Phi) is 5.46. The summed E-state index contributed by atoms with van der Waals surface area (Å²) < 4.78 is 0. The molecule has 0 aliphatic heterocycles. The molecule has 2 aliphatic rings. The summed E-state index contributed by atoms with van der Waals surface area (Å²) in [6.07, 6.45) is 12.8. The summed E-state index contributed by atoms with van der Waals surface area (Å²) in [4.78, 5) is 0. The molecule has 0 saturated heterocycles. The second-order valence-electron chi connectivity index (χ2n) is 5.49. The molecule has 0 radical (unpaired) electrons. The Morgan fingerprint density at radius 3 is 2.31 bits per heavy atom. The van der Waals surface area contributed by atoms with Gasteiger partial charge in [0, 0.05) is 17.0 Å². The lowest BCUT2D eigenvalue weighted by Crippen LogP contribution is -2.38. The fraction of sp³-hybridized carbons (Fsp3) is 1.00. The number of thioether (sulfide) groups is 1. The first-order valence-corrected chi connectivity index (χ1v) is 8.01. The van der Waals surface area contributed by atoms with Crippen LogP contribution in [0.2, 0.25) is 0 Å². The lowest BCUT2D eigenvalue weighted by molar-refractivity contribution is 0.414. The Balaban J connectivity index is 1.63. The average molecular weight is 242 g/mol. The maximum atomic E-state index is 5.67. The number of hydrazine groups is 1. The smallest absolute Gasteiger partial charge is 0.0303 e. The molecule has 0 bridgehead atoms. The largest absolute Gasteiger partial charge is 0.271 e. The van der Waals surface area contributed by atoms with Crippen molar-refractivity contribution in [1.82, 2.24) is 5.43 Å². The highest BCUT2D eigenvalue weighted by Gasteiger charge is 2.21. The second kappa shape index (κ2) is 6.87. The van der Waals surface area contributed by atoms with E-state index in [0.29, 0.717) is 6.04 Å². The molecule has 3 heteroatoms. The predicted octanol–water partition coefficient (Wildman–Crippen LogP) is 3.07. The molecule has 1 atom stereocenters. The van der Waals surface area contributed by atoms with Crippen LogP contribution in [-0.4, -0.2) is 17.0 Å². The summed E-state index contributed by atoms with van der Waals surface area (Å²) in [5.41, 5.74) is 3.03. The first kappa shape index (κ1) is 12.7. The Morgan fingerprint density at radius 1 is 1.06 bits per heavy atom. The minimum Gasteiger partial charge on any atom is -0.271 e. The van der Waals surface area contributed by atoms with Gasteiger partial charge in [0.15, 0.2) is 0 Å². The van der Waals surface area contributed by atoms with Gasteiger partial charge in [0.05, 0.1) is 0 Å². The third kappa shape index (κ3) is 3.94. The zero-order chi connectivity index (χ0) is 11.2. The minimum absolute atomic E-state index is 0.550. The van der Waals surface area contributed by atoms with Gasteiger partial charge in [0.1, 0.15) is 0 Å². The van der Waals surface area contributed by atoms with Crippen molar-refractivity contribution in [2.24, 2.45) is 11.8 Å². The quantitative estimate of drug-likeness (QED) is 0.555. The van der Waals surface area contributed by atoms with Crippen LogP contribution >= 0.6 is 11.8 Å². The van der Waals surface area contributed by atoms with Gasteiger partial charge >= 0.3 is 0 Å². The van der Waals surface area contributed by atoms with E-state index in [0.717, 1.165) is 11.2 Å². The fourth-order valence-corrected chi connectivity index (χ4v) is 4.54. The molecule has 0 spiro atoms. The van der Waals surface area contributed by atoms with Gasteiger partial charge in [-0.1, -0.05) is 38.5 Å². The van der Waals surface area contributed by atoms with Crippen molar-refractivity contribution >= 4 is 11.8 Å². The Bertz CT molecular complexity index is 186. The van der Waals surface area contributed by atoms with Gasteiger partial charge in [0.25, 0.3) is 0 Å². The van der Waals surface area contributed by atoms with Crippen LogP contribution in [0, 0.1) is 5.92 Å². The van der Waals surface area contributed by atoms with Crippen LogP contribution in [-0.2, 0) is 0 Å². The minimum atomic E-state index is 0.550. The highest BCUT2D eigenvalue weighted by Crippen LogP contribution is 2.32. The summed E-state index contributed by atoms with van der Waals surface area (Å²) in [6.45, 7) is 0. The molecule has 1 unspecified atom stereocenters. The third-order valence-corrected chi connectivity index (χ3v) is 5.70. The van der Waals surface area contributed by atoms with Crippen LogP contribution in [0.5, 0.6) is 0 Å². The number of nitrogens with one attached hydrogen (secondary N) is 1. The van der Waals surface area contributed by atoms with Gasteiger partial charge in [-0.05, 0) is 25.2 Å². The molecular formula is C13H26N2S. The molecule has 2 aliphatic carbocycles. The Hall–Kier alpha value is 0.270.